The number of carbonyl (C=O) groups is 1. The van der Waals surface area contributed by atoms with Gasteiger partial charge >= 0.3 is 5.97 Å². The summed E-state index contributed by atoms with van der Waals surface area (Å²) in [6, 6.07) is 29.5. The largest absolute Gasteiger partial charge is 0.460 e. The maximum absolute atomic E-state index is 11.8. The van der Waals surface area contributed by atoms with E-state index in [4.69, 9.17) is 9.57 Å². The molecule has 3 rings (SSSR count). The van der Waals surface area contributed by atoms with Gasteiger partial charge in [-0.1, -0.05) is 112 Å². The molecule has 28 heavy (non-hydrogen) atoms. The normalized spacial score (nSPS) is 11.3. The van der Waals surface area contributed by atoms with Crippen LogP contribution in [0, 0.1) is 0 Å². The lowest BCUT2D eigenvalue weighted by atomic mass is 9.80. The van der Waals surface area contributed by atoms with Gasteiger partial charge in [-0.05, 0) is 0 Å². The zero-order valence-corrected chi connectivity index (χ0v) is 16.8. The summed E-state index contributed by atoms with van der Waals surface area (Å²) < 4.78 is 5.01. The second kappa shape index (κ2) is 9.85. The molecule has 0 bridgehead atoms. The first-order chi connectivity index (χ1) is 13.8. The van der Waals surface area contributed by atoms with E-state index in [9.17, 15) is 4.79 Å². The van der Waals surface area contributed by atoms with Gasteiger partial charge < -0.3 is 9.57 Å². The molecule has 0 saturated carbocycles. The first-order valence-corrected chi connectivity index (χ1v) is 10.0. The number of rotatable bonds is 8. The summed E-state index contributed by atoms with van der Waals surface area (Å²) in [4.78, 5) is 17.9. The maximum atomic E-state index is 11.8. The van der Waals surface area contributed by atoms with Gasteiger partial charge in [-0.15, -0.1) is 0 Å². The van der Waals surface area contributed by atoms with Crippen molar-refractivity contribution in [2.24, 2.45) is 5.16 Å². The molecule has 4 nitrogen and oxygen atoms in total. The van der Waals surface area contributed by atoms with Crippen LogP contribution < -0.4 is 0 Å². The molecule has 0 aliphatic rings. The van der Waals surface area contributed by atoms with E-state index in [1.54, 1.807) is 0 Å². The van der Waals surface area contributed by atoms with Gasteiger partial charge in [0.05, 0.1) is 0 Å². The molecule has 3 aromatic rings. The number of carbonyl (C=O) groups excluding carboxylic acids is 1. The van der Waals surface area contributed by atoms with Gasteiger partial charge in [-0.25, -0.2) is 4.79 Å². The molecule has 0 saturated heterocycles. The number of hydrogen-bond acceptors (Lipinski definition) is 4. The fraction of sp³-hybridized carbons (Fsp3) is 0.130. The summed E-state index contributed by atoms with van der Waals surface area (Å²) in [6.45, 7) is 0.270. The highest BCUT2D eigenvalue weighted by Crippen LogP contribution is 2.40. The van der Waals surface area contributed by atoms with E-state index in [-0.39, 0.29) is 6.61 Å². The van der Waals surface area contributed by atoms with E-state index in [2.05, 4.69) is 21.1 Å². The zero-order chi connectivity index (χ0) is 19.7. The predicted molar refractivity (Wildman–Crippen MR) is 114 cm³/mol. The molecule has 0 unspecified atom stereocenters. The number of hydrogen-bond donors (Lipinski definition) is 0. The van der Waals surface area contributed by atoms with Crippen molar-refractivity contribution in [3.8, 4) is 0 Å². The van der Waals surface area contributed by atoms with Crippen molar-refractivity contribution < 1.29 is 14.4 Å². The summed E-state index contributed by atoms with van der Waals surface area (Å²) in [6.07, 6.45) is 1.06. The summed E-state index contributed by atoms with van der Waals surface area (Å²) in [5.74, 6) is -0.553. The molecule has 0 aliphatic carbocycles. The molecule has 0 fully saturated rings. The Kier molecular flexibility index (Phi) is 6.98. The van der Waals surface area contributed by atoms with Crippen LogP contribution in [-0.4, -0.2) is 24.1 Å². The number of benzene rings is 3. The quantitative estimate of drug-likeness (QED) is 0.165. The van der Waals surface area contributed by atoms with Gasteiger partial charge in [0.15, 0.2) is 6.21 Å². The minimum atomic E-state index is -1.00. The molecule has 0 aliphatic heterocycles. The summed E-state index contributed by atoms with van der Waals surface area (Å²) >= 11 is 3.22. The molecular weight excluding hydrogens is 418 g/mol. The molecule has 0 atom stereocenters. The third-order valence-electron chi connectivity index (χ3n) is 4.21. The van der Waals surface area contributed by atoms with Gasteiger partial charge in [-0.3, -0.25) is 0 Å². The van der Waals surface area contributed by atoms with Crippen LogP contribution in [0.25, 0.3) is 0 Å². The van der Waals surface area contributed by atoms with Crippen LogP contribution in [0.4, 0.5) is 0 Å². The SMILES string of the molecule is O=C(/C=N/OC(c1ccccc1)(c1ccccc1)c1ccccc1)OCCBr. The van der Waals surface area contributed by atoms with Crippen LogP contribution in [-0.2, 0) is 20.0 Å². The summed E-state index contributed by atoms with van der Waals surface area (Å²) in [5, 5.41) is 4.58. The standard InChI is InChI=1S/C23H20BrNO3/c24-16-17-27-22(26)18-25-28-23(19-10-4-1-5-11-19,20-12-6-2-7-13-20)21-14-8-3-9-15-21/h1-15,18H,16-17H2/b25-18+. The third-order valence-corrected chi connectivity index (χ3v) is 4.53. The van der Waals surface area contributed by atoms with Crippen molar-refractivity contribution in [1.29, 1.82) is 0 Å². The fourth-order valence-electron chi connectivity index (χ4n) is 3.00. The number of halogens is 1. The van der Waals surface area contributed by atoms with Gasteiger partial charge in [0.2, 0.25) is 5.60 Å². The maximum Gasteiger partial charge on any atom is 0.352 e. The molecular formula is C23H20BrNO3. The number of ether oxygens (including phenoxy) is 1. The average molecular weight is 438 g/mol. The van der Waals surface area contributed by atoms with E-state index < -0.39 is 11.6 Å². The molecule has 0 amide bonds. The van der Waals surface area contributed by atoms with Crippen molar-refractivity contribution in [3.05, 3.63) is 108 Å². The highest BCUT2D eigenvalue weighted by atomic mass is 79.9. The minimum absolute atomic E-state index is 0.270. The van der Waals surface area contributed by atoms with Crippen molar-refractivity contribution in [2.75, 3.05) is 11.9 Å². The number of nitrogens with zero attached hydrogens (tertiary/aromatic N) is 1. The molecule has 3 aromatic carbocycles. The Hall–Kier alpha value is -2.92. The Morgan fingerprint density at radius 1 is 0.821 bits per heavy atom. The van der Waals surface area contributed by atoms with E-state index in [1.165, 1.54) is 0 Å². The van der Waals surface area contributed by atoms with Crippen LogP contribution in [0.3, 0.4) is 0 Å². The second-order valence-corrected chi connectivity index (χ2v) is 6.75. The Bertz CT molecular complexity index is 802. The Labute approximate surface area is 172 Å². The van der Waals surface area contributed by atoms with Gasteiger partial charge in [0, 0.05) is 22.0 Å². The molecule has 142 valence electrons. The van der Waals surface area contributed by atoms with Gasteiger partial charge in [0.25, 0.3) is 0 Å². The first-order valence-electron chi connectivity index (χ1n) is 8.88. The smallest absolute Gasteiger partial charge is 0.352 e. The predicted octanol–water partition coefficient (Wildman–Crippen LogP) is 4.92. The average Bonchev–Trinajstić information content (AvgIpc) is 2.77. The highest BCUT2D eigenvalue weighted by Gasteiger charge is 2.39. The van der Waals surface area contributed by atoms with E-state index in [0.717, 1.165) is 22.9 Å². The summed E-state index contributed by atoms with van der Waals surface area (Å²) in [5.41, 5.74) is 1.70. The molecule has 5 heteroatoms. The van der Waals surface area contributed by atoms with E-state index >= 15 is 0 Å². The zero-order valence-electron chi connectivity index (χ0n) is 15.2. The lowest BCUT2D eigenvalue weighted by Gasteiger charge is -2.33. The van der Waals surface area contributed by atoms with Crippen LogP contribution >= 0.6 is 15.9 Å². The third kappa shape index (κ3) is 4.49. The second-order valence-electron chi connectivity index (χ2n) is 5.96. The van der Waals surface area contributed by atoms with Crippen molar-refractivity contribution >= 4 is 28.1 Å². The monoisotopic (exact) mass is 437 g/mol. The van der Waals surface area contributed by atoms with Crippen molar-refractivity contribution in [1.82, 2.24) is 0 Å². The van der Waals surface area contributed by atoms with Gasteiger partial charge in [-0.2, -0.15) is 0 Å². The van der Waals surface area contributed by atoms with Crippen LogP contribution in [0.1, 0.15) is 16.7 Å². The van der Waals surface area contributed by atoms with Crippen molar-refractivity contribution in [2.45, 2.75) is 5.60 Å². The Morgan fingerprint density at radius 2 is 1.25 bits per heavy atom. The molecule has 0 heterocycles. The molecule has 0 radical (unpaired) electrons. The number of esters is 1. The lowest BCUT2D eigenvalue weighted by Crippen LogP contribution is -2.31. The highest BCUT2D eigenvalue weighted by molar-refractivity contribution is 9.09. The number of oxime groups is 1. The van der Waals surface area contributed by atoms with Crippen LogP contribution in [0.5, 0.6) is 0 Å². The van der Waals surface area contributed by atoms with Crippen molar-refractivity contribution in [3.63, 3.8) is 0 Å². The minimum Gasteiger partial charge on any atom is -0.460 e. The molecule has 0 aromatic heterocycles. The number of alkyl halides is 1. The van der Waals surface area contributed by atoms with Crippen LogP contribution in [0.15, 0.2) is 96.2 Å². The Morgan fingerprint density at radius 3 is 1.64 bits per heavy atom. The molecule has 0 spiro atoms. The van der Waals surface area contributed by atoms with E-state index in [0.29, 0.717) is 5.33 Å². The summed E-state index contributed by atoms with van der Waals surface area (Å²) in [7, 11) is 0. The molecule has 0 N–H and O–H groups in total. The lowest BCUT2D eigenvalue weighted by molar-refractivity contribution is -0.134. The Balaban J connectivity index is 2.09. The first kappa shape index (κ1) is 19.8. The van der Waals surface area contributed by atoms with E-state index in [1.807, 2.05) is 91.0 Å². The van der Waals surface area contributed by atoms with Crippen LogP contribution in [0.2, 0.25) is 0 Å². The van der Waals surface area contributed by atoms with Gasteiger partial charge in [0.1, 0.15) is 6.61 Å². The topological polar surface area (TPSA) is 47.9 Å². The fourth-order valence-corrected chi connectivity index (χ4v) is 3.16.